The van der Waals surface area contributed by atoms with Crippen LogP contribution in [-0.2, 0) is 0 Å². The summed E-state index contributed by atoms with van der Waals surface area (Å²) in [4.78, 5) is 11.8. The summed E-state index contributed by atoms with van der Waals surface area (Å²) < 4.78 is 11.1. The normalized spacial score (nSPS) is 11.4. The van der Waals surface area contributed by atoms with Crippen LogP contribution in [0.15, 0.2) is 62.2 Å². The molecule has 4 aromatic rings. The maximum atomic E-state index is 11.8. The van der Waals surface area contributed by atoms with Crippen LogP contribution in [0.4, 0.5) is 0 Å². The van der Waals surface area contributed by atoms with E-state index in [4.69, 9.17) is 20.4 Å². The molecule has 4 heteroatoms. The van der Waals surface area contributed by atoms with Crippen molar-refractivity contribution in [3.63, 3.8) is 0 Å². The highest BCUT2D eigenvalue weighted by Crippen LogP contribution is 2.33. The van der Waals surface area contributed by atoms with Gasteiger partial charge in [-0.25, -0.2) is 4.79 Å². The van der Waals surface area contributed by atoms with E-state index in [0.29, 0.717) is 21.9 Å². The minimum Gasteiger partial charge on any atom is -0.456 e. The second-order valence-corrected chi connectivity index (χ2v) is 5.71. The zero-order valence-electron chi connectivity index (χ0n) is 11.7. The van der Waals surface area contributed by atoms with Crippen LogP contribution in [0.2, 0.25) is 5.02 Å². The van der Waals surface area contributed by atoms with Gasteiger partial charge in [0.25, 0.3) is 0 Å². The van der Waals surface area contributed by atoms with Gasteiger partial charge in [-0.2, -0.15) is 0 Å². The van der Waals surface area contributed by atoms with Crippen LogP contribution in [0.3, 0.4) is 0 Å². The standard InChI is InChI=1S/C18H11ClO3/c1-10-2-4-15-11(6-10)7-17(21-15)14-9-18(20)22-16-5-3-12(19)8-13(14)16/h2-9H,1H3. The molecule has 2 aromatic carbocycles. The maximum absolute atomic E-state index is 11.8. The van der Waals surface area contributed by atoms with Crippen LogP contribution >= 0.6 is 11.6 Å². The molecule has 0 radical (unpaired) electrons. The Kier molecular flexibility index (Phi) is 2.84. The van der Waals surface area contributed by atoms with Crippen molar-refractivity contribution in [1.29, 1.82) is 0 Å². The fourth-order valence-electron chi connectivity index (χ4n) is 2.63. The molecule has 0 aliphatic rings. The Morgan fingerprint density at radius 1 is 0.909 bits per heavy atom. The number of hydrogen-bond donors (Lipinski definition) is 0. The van der Waals surface area contributed by atoms with E-state index in [-0.39, 0.29) is 0 Å². The number of hydrogen-bond acceptors (Lipinski definition) is 3. The number of aryl methyl sites for hydroxylation is 1. The monoisotopic (exact) mass is 310 g/mol. The number of halogens is 1. The summed E-state index contributed by atoms with van der Waals surface area (Å²) in [5.41, 5.74) is 2.69. The van der Waals surface area contributed by atoms with Crippen molar-refractivity contribution in [3.05, 3.63) is 69.5 Å². The van der Waals surface area contributed by atoms with Crippen molar-refractivity contribution in [2.75, 3.05) is 0 Å². The molecule has 4 rings (SSSR count). The van der Waals surface area contributed by atoms with Gasteiger partial charge in [0.2, 0.25) is 0 Å². The number of furan rings is 1. The zero-order chi connectivity index (χ0) is 15.3. The topological polar surface area (TPSA) is 43.4 Å². The third-order valence-electron chi connectivity index (χ3n) is 3.64. The molecule has 0 N–H and O–H groups in total. The molecular weight excluding hydrogens is 300 g/mol. The molecule has 3 nitrogen and oxygen atoms in total. The molecule has 2 aromatic heterocycles. The molecule has 0 bridgehead atoms. The largest absolute Gasteiger partial charge is 0.456 e. The lowest BCUT2D eigenvalue weighted by molar-refractivity contribution is 0.559. The highest BCUT2D eigenvalue weighted by molar-refractivity contribution is 6.31. The summed E-state index contributed by atoms with van der Waals surface area (Å²) in [5.74, 6) is 0.626. The second kappa shape index (κ2) is 4.75. The zero-order valence-corrected chi connectivity index (χ0v) is 12.5. The van der Waals surface area contributed by atoms with Crippen molar-refractivity contribution < 1.29 is 8.83 Å². The molecule has 2 heterocycles. The second-order valence-electron chi connectivity index (χ2n) is 5.27. The fourth-order valence-corrected chi connectivity index (χ4v) is 2.81. The molecule has 0 saturated heterocycles. The molecule has 0 fully saturated rings. The van der Waals surface area contributed by atoms with E-state index in [1.54, 1.807) is 18.2 Å². The number of benzene rings is 2. The van der Waals surface area contributed by atoms with Gasteiger partial charge in [-0.15, -0.1) is 0 Å². The van der Waals surface area contributed by atoms with Crippen LogP contribution in [0.25, 0.3) is 33.3 Å². The molecule has 0 saturated carbocycles. The van der Waals surface area contributed by atoms with Gasteiger partial charge in [-0.1, -0.05) is 23.2 Å². The summed E-state index contributed by atoms with van der Waals surface area (Å²) in [7, 11) is 0. The lowest BCUT2D eigenvalue weighted by atomic mass is 10.1. The van der Waals surface area contributed by atoms with Crippen molar-refractivity contribution >= 4 is 33.5 Å². The van der Waals surface area contributed by atoms with Gasteiger partial charge < -0.3 is 8.83 Å². The van der Waals surface area contributed by atoms with Crippen LogP contribution in [-0.4, -0.2) is 0 Å². The molecule has 0 spiro atoms. The van der Waals surface area contributed by atoms with Crippen LogP contribution < -0.4 is 5.63 Å². The first-order valence-corrected chi connectivity index (χ1v) is 7.22. The Labute approximate surface area is 130 Å². The first kappa shape index (κ1) is 13.2. The van der Waals surface area contributed by atoms with Gasteiger partial charge in [0.1, 0.15) is 16.9 Å². The Morgan fingerprint density at radius 2 is 1.73 bits per heavy atom. The predicted molar refractivity (Wildman–Crippen MR) is 87.4 cm³/mol. The Morgan fingerprint density at radius 3 is 2.59 bits per heavy atom. The summed E-state index contributed by atoms with van der Waals surface area (Å²) >= 11 is 6.07. The summed E-state index contributed by atoms with van der Waals surface area (Å²) in [6.45, 7) is 2.03. The van der Waals surface area contributed by atoms with Crippen LogP contribution in [0, 0.1) is 6.92 Å². The SMILES string of the molecule is Cc1ccc2oc(-c3cc(=O)oc4ccc(Cl)cc34)cc2c1. The van der Waals surface area contributed by atoms with E-state index in [1.165, 1.54) is 6.07 Å². The van der Waals surface area contributed by atoms with Gasteiger partial charge >= 0.3 is 5.63 Å². The fraction of sp³-hybridized carbons (Fsp3) is 0.0556. The molecule has 0 aliphatic heterocycles. The minimum atomic E-state index is -0.415. The summed E-state index contributed by atoms with van der Waals surface area (Å²) in [6, 6.07) is 14.5. The predicted octanol–water partition coefficient (Wildman–Crippen LogP) is 5.17. The van der Waals surface area contributed by atoms with Crippen LogP contribution in [0.1, 0.15) is 5.56 Å². The molecule has 0 unspecified atom stereocenters. The first-order valence-electron chi connectivity index (χ1n) is 6.84. The van der Waals surface area contributed by atoms with E-state index in [9.17, 15) is 4.79 Å². The lowest BCUT2D eigenvalue weighted by Gasteiger charge is -2.02. The average Bonchev–Trinajstić information content (AvgIpc) is 2.89. The van der Waals surface area contributed by atoms with E-state index in [0.717, 1.165) is 21.9 Å². The number of rotatable bonds is 1. The van der Waals surface area contributed by atoms with Crippen molar-refractivity contribution in [3.8, 4) is 11.3 Å². The maximum Gasteiger partial charge on any atom is 0.336 e. The van der Waals surface area contributed by atoms with Crippen molar-refractivity contribution in [1.82, 2.24) is 0 Å². The van der Waals surface area contributed by atoms with E-state index >= 15 is 0 Å². The Balaban J connectivity index is 2.06. The van der Waals surface area contributed by atoms with Gasteiger partial charge in [-0.3, -0.25) is 0 Å². The molecule has 0 amide bonds. The van der Waals surface area contributed by atoms with Crippen LogP contribution in [0.5, 0.6) is 0 Å². The Bertz CT molecular complexity index is 1070. The van der Waals surface area contributed by atoms with E-state index < -0.39 is 5.63 Å². The minimum absolute atomic E-state index is 0.415. The highest BCUT2D eigenvalue weighted by atomic mass is 35.5. The Hall–Kier alpha value is -2.52. The molecule has 0 aliphatic carbocycles. The van der Waals surface area contributed by atoms with Gasteiger partial charge in [0.05, 0.1) is 0 Å². The van der Waals surface area contributed by atoms with Crippen molar-refractivity contribution in [2.24, 2.45) is 0 Å². The van der Waals surface area contributed by atoms with Gasteiger partial charge in [0, 0.05) is 27.4 Å². The van der Waals surface area contributed by atoms with E-state index in [2.05, 4.69) is 0 Å². The smallest absolute Gasteiger partial charge is 0.336 e. The van der Waals surface area contributed by atoms with Crippen molar-refractivity contribution in [2.45, 2.75) is 6.92 Å². The third-order valence-corrected chi connectivity index (χ3v) is 3.88. The molecule has 0 atom stereocenters. The lowest BCUT2D eigenvalue weighted by Crippen LogP contribution is -1.97. The quantitative estimate of drug-likeness (QED) is 0.456. The molecular formula is C18H11ClO3. The summed E-state index contributed by atoms with van der Waals surface area (Å²) in [5, 5.41) is 2.33. The van der Waals surface area contributed by atoms with Gasteiger partial charge in [0.15, 0.2) is 0 Å². The summed E-state index contributed by atoms with van der Waals surface area (Å²) in [6.07, 6.45) is 0. The first-order chi connectivity index (χ1) is 10.6. The van der Waals surface area contributed by atoms with Gasteiger partial charge in [-0.05, 0) is 43.3 Å². The molecule has 22 heavy (non-hydrogen) atoms. The molecule has 108 valence electrons. The average molecular weight is 311 g/mol. The third kappa shape index (κ3) is 2.11. The number of fused-ring (bicyclic) bond motifs is 2. The van der Waals surface area contributed by atoms with E-state index in [1.807, 2.05) is 31.2 Å². The highest BCUT2D eigenvalue weighted by Gasteiger charge is 2.13.